The first-order valence-electron chi connectivity index (χ1n) is 9.64. The zero-order valence-corrected chi connectivity index (χ0v) is 16.9. The maximum absolute atomic E-state index is 12.0. The van der Waals surface area contributed by atoms with Crippen molar-refractivity contribution in [1.29, 1.82) is 0 Å². The Bertz CT molecular complexity index is 743. The van der Waals surface area contributed by atoms with E-state index in [-0.39, 0.29) is 6.04 Å². The molecule has 0 heterocycles. The van der Waals surface area contributed by atoms with Gasteiger partial charge in [-0.2, -0.15) is 0 Å². The highest BCUT2D eigenvalue weighted by Crippen LogP contribution is 2.28. The summed E-state index contributed by atoms with van der Waals surface area (Å²) in [6, 6.07) is 4.83. The van der Waals surface area contributed by atoms with Crippen molar-refractivity contribution >= 4 is 17.9 Å². The van der Waals surface area contributed by atoms with Gasteiger partial charge < -0.3 is 19.5 Å². The number of amides is 3. The summed E-state index contributed by atoms with van der Waals surface area (Å²) in [6.07, 6.45) is 5.26. The third-order valence-corrected chi connectivity index (χ3v) is 4.56. The van der Waals surface area contributed by atoms with E-state index in [0.717, 1.165) is 31.2 Å². The van der Waals surface area contributed by atoms with Crippen molar-refractivity contribution in [3.05, 3.63) is 36.4 Å². The molecule has 1 fully saturated rings. The molecule has 0 spiro atoms. The van der Waals surface area contributed by atoms with Gasteiger partial charge >= 0.3 is 12.0 Å². The average molecular weight is 404 g/mol. The van der Waals surface area contributed by atoms with Crippen molar-refractivity contribution in [3.8, 4) is 11.5 Å². The molecular formula is C21H28N2O6. The summed E-state index contributed by atoms with van der Waals surface area (Å²) in [6.45, 7) is 4.68. The number of urea groups is 1. The van der Waals surface area contributed by atoms with Crippen LogP contribution in [0.15, 0.2) is 30.9 Å². The highest BCUT2D eigenvalue weighted by Gasteiger charge is 2.23. The molecule has 1 aromatic rings. The number of methoxy groups -OCH3 is 1. The molecule has 3 amide bonds. The van der Waals surface area contributed by atoms with Gasteiger partial charge in [0.1, 0.15) is 0 Å². The molecule has 1 atom stereocenters. The molecule has 2 rings (SSSR count). The largest absolute Gasteiger partial charge is 0.493 e. The zero-order chi connectivity index (χ0) is 21.2. The third-order valence-electron chi connectivity index (χ3n) is 4.56. The van der Waals surface area contributed by atoms with E-state index in [1.165, 1.54) is 14.0 Å². The highest BCUT2D eigenvalue weighted by molar-refractivity contribution is 5.97. The van der Waals surface area contributed by atoms with Crippen LogP contribution in [0.25, 0.3) is 0 Å². The van der Waals surface area contributed by atoms with Gasteiger partial charge in [-0.25, -0.2) is 9.59 Å². The fourth-order valence-electron chi connectivity index (χ4n) is 3.05. The Morgan fingerprint density at radius 1 is 1.24 bits per heavy atom. The van der Waals surface area contributed by atoms with Crippen LogP contribution in [0.4, 0.5) is 4.79 Å². The first kappa shape index (κ1) is 22.3. The number of benzene rings is 1. The summed E-state index contributed by atoms with van der Waals surface area (Å²) in [5.41, 5.74) is 0.993. The molecule has 1 saturated carbocycles. The number of rotatable bonds is 9. The van der Waals surface area contributed by atoms with Crippen molar-refractivity contribution in [2.24, 2.45) is 0 Å². The Morgan fingerprint density at radius 3 is 2.62 bits per heavy atom. The average Bonchev–Trinajstić information content (AvgIpc) is 3.19. The molecule has 0 saturated heterocycles. The van der Waals surface area contributed by atoms with Crippen LogP contribution in [0.3, 0.4) is 0 Å². The lowest BCUT2D eigenvalue weighted by Gasteiger charge is -2.16. The number of esters is 1. The minimum absolute atomic E-state index is 0.0851. The second kappa shape index (κ2) is 11.1. The Kier molecular flexibility index (Phi) is 8.51. The summed E-state index contributed by atoms with van der Waals surface area (Å²) < 4.78 is 15.7. The van der Waals surface area contributed by atoms with E-state index < -0.39 is 30.6 Å². The third kappa shape index (κ3) is 7.14. The van der Waals surface area contributed by atoms with E-state index in [2.05, 4.69) is 17.2 Å². The van der Waals surface area contributed by atoms with Crippen molar-refractivity contribution in [1.82, 2.24) is 10.6 Å². The van der Waals surface area contributed by atoms with Crippen LogP contribution in [0.1, 0.15) is 38.2 Å². The zero-order valence-electron chi connectivity index (χ0n) is 16.9. The molecule has 0 bridgehead atoms. The lowest BCUT2D eigenvalue weighted by atomic mass is 10.1. The normalized spacial score (nSPS) is 14.6. The molecule has 29 heavy (non-hydrogen) atoms. The quantitative estimate of drug-likeness (QED) is 0.484. The van der Waals surface area contributed by atoms with Gasteiger partial charge in [-0.15, -0.1) is 6.58 Å². The van der Waals surface area contributed by atoms with E-state index in [1.54, 1.807) is 18.2 Å². The summed E-state index contributed by atoms with van der Waals surface area (Å²) in [5.74, 6) is -0.571. The SMILES string of the molecule is C=CCc1ccc(OCC(=O)O[C@@H](C)C(=O)NC(=O)NC2CCCC2)c(OC)c1. The van der Waals surface area contributed by atoms with Gasteiger partial charge in [0.25, 0.3) is 5.91 Å². The predicted molar refractivity (Wildman–Crippen MR) is 107 cm³/mol. The van der Waals surface area contributed by atoms with E-state index in [1.807, 2.05) is 6.07 Å². The van der Waals surface area contributed by atoms with Gasteiger partial charge in [0, 0.05) is 6.04 Å². The second-order valence-electron chi connectivity index (χ2n) is 6.84. The summed E-state index contributed by atoms with van der Waals surface area (Å²) >= 11 is 0. The van der Waals surface area contributed by atoms with Gasteiger partial charge in [-0.05, 0) is 43.9 Å². The number of ether oxygens (including phenoxy) is 3. The summed E-state index contributed by atoms with van der Waals surface area (Å²) in [4.78, 5) is 35.8. The summed E-state index contributed by atoms with van der Waals surface area (Å²) in [5, 5.41) is 4.92. The topological polar surface area (TPSA) is 103 Å². The smallest absolute Gasteiger partial charge is 0.344 e. The van der Waals surface area contributed by atoms with Gasteiger partial charge in [-0.3, -0.25) is 10.1 Å². The first-order valence-corrected chi connectivity index (χ1v) is 9.64. The van der Waals surface area contributed by atoms with Crippen molar-refractivity contribution in [2.45, 2.75) is 51.2 Å². The standard InChI is InChI=1S/C21H28N2O6/c1-4-7-15-10-11-17(18(12-15)27-3)28-13-19(24)29-14(2)20(25)23-21(26)22-16-8-5-6-9-16/h4,10-12,14,16H,1,5-9,13H2,2-3H3,(H2,22,23,25,26)/t14-/m0/s1. The Hall–Kier alpha value is -3.03. The predicted octanol–water partition coefficient (Wildman–Crippen LogP) is 2.50. The van der Waals surface area contributed by atoms with Gasteiger partial charge in [-0.1, -0.05) is 25.0 Å². The number of allylic oxidation sites excluding steroid dienone is 1. The molecule has 2 N–H and O–H groups in total. The van der Waals surface area contributed by atoms with E-state index >= 15 is 0 Å². The lowest BCUT2D eigenvalue weighted by Crippen LogP contribution is -2.47. The molecule has 1 aromatic carbocycles. The molecule has 1 aliphatic carbocycles. The maximum Gasteiger partial charge on any atom is 0.344 e. The van der Waals surface area contributed by atoms with Gasteiger partial charge in [0.2, 0.25) is 0 Å². The van der Waals surface area contributed by atoms with Crippen LogP contribution < -0.4 is 20.1 Å². The van der Waals surface area contributed by atoms with E-state index in [9.17, 15) is 14.4 Å². The molecule has 8 nitrogen and oxygen atoms in total. The van der Waals surface area contributed by atoms with Crippen LogP contribution in [0.2, 0.25) is 0 Å². The van der Waals surface area contributed by atoms with Crippen LogP contribution in [-0.2, 0) is 20.7 Å². The first-order chi connectivity index (χ1) is 13.9. The maximum atomic E-state index is 12.0. The van der Waals surface area contributed by atoms with Crippen LogP contribution >= 0.6 is 0 Å². The Labute approximate surface area is 170 Å². The number of hydrogen-bond donors (Lipinski definition) is 2. The van der Waals surface area contributed by atoms with Crippen molar-refractivity contribution < 1.29 is 28.6 Å². The van der Waals surface area contributed by atoms with Gasteiger partial charge in [0.15, 0.2) is 24.2 Å². The Morgan fingerprint density at radius 2 is 1.97 bits per heavy atom. The molecule has 0 unspecified atom stereocenters. The van der Waals surface area contributed by atoms with Crippen molar-refractivity contribution in [3.63, 3.8) is 0 Å². The number of carbonyl (C=O) groups excluding carboxylic acids is 3. The fourth-order valence-corrected chi connectivity index (χ4v) is 3.05. The molecule has 0 aromatic heterocycles. The molecular weight excluding hydrogens is 376 g/mol. The number of hydrogen-bond acceptors (Lipinski definition) is 6. The Balaban J connectivity index is 1.78. The minimum atomic E-state index is -1.13. The summed E-state index contributed by atoms with van der Waals surface area (Å²) in [7, 11) is 1.50. The molecule has 0 radical (unpaired) electrons. The molecule has 1 aliphatic rings. The monoisotopic (exact) mass is 404 g/mol. The van der Waals surface area contributed by atoms with E-state index in [0.29, 0.717) is 17.9 Å². The highest BCUT2D eigenvalue weighted by atomic mass is 16.6. The molecule has 158 valence electrons. The minimum Gasteiger partial charge on any atom is -0.493 e. The van der Waals surface area contributed by atoms with Crippen LogP contribution in [0.5, 0.6) is 11.5 Å². The number of imide groups is 1. The van der Waals surface area contributed by atoms with Gasteiger partial charge in [0.05, 0.1) is 7.11 Å². The fraction of sp³-hybridized carbons (Fsp3) is 0.476. The molecule has 8 heteroatoms. The van der Waals surface area contributed by atoms with Crippen LogP contribution in [-0.4, -0.2) is 43.8 Å². The van der Waals surface area contributed by atoms with Crippen molar-refractivity contribution in [2.75, 3.05) is 13.7 Å². The molecule has 0 aliphatic heterocycles. The second-order valence-corrected chi connectivity index (χ2v) is 6.84. The number of carbonyl (C=O) groups is 3. The van der Waals surface area contributed by atoms with E-state index in [4.69, 9.17) is 14.2 Å². The lowest BCUT2D eigenvalue weighted by molar-refractivity contribution is -0.156. The van der Waals surface area contributed by atoms with Crippen LogP contribution in [0, 0.1) is 0 Å². The number of nitrogens with one attached hydrogen (secondary N) is 2.